The van der Waals surface area contributed by atoms with E-state index in [9.17, 15) is 10.1 Å². The van der Waals surface area contributed by atoms with Crippen molar-refractivity contribution < 1.29 is 4.92 Å². The lowest BCUT2D eigenvalue weighted by molar-refractivity contribution is -0.384. The minimum Gasteiger partial charge on any atom is -0.397 e. The first-order chi connectivity index (χ1) is 9.00. The molecule has 0 aromatic heterocycles. The molecule has 0 spiro atoms. The number of nitro groups is 1. The van der Waals surface area contributed by atoms with Crippen molar-refractivity contribution in [3.63, 3.8) is 0 Å². The van der Waals surface area contributed by atoms with Gasteiger partial charge < -0.3 is 10.6 Å². The zero-order chi connectivity index (χ0) is 14.0. The Bertz CT molecular complexity index is 626. The lowest BCUT2D eigenvalue weighted by Crippen LogP contribution is -2.12. The summed E-state index contributed by atoms with van der Waals surface area (Å²) in [6.07, 6.45) is 0. The standard InChI is InChI=1S/C14H15N3O2/c1-10-5-3-4-6-13(10)16(2)14-8-7-11(17(18)19)9-12(14)15/h3-9H,15H2,1-2H3. The third-order valence-electron chi connectivity index (χ3n) is 3.06. The first-order valence-electron chi connectivity index (χ1n) is 5.84. The summed E-state index contributed by atoms with van der Waals surface area (Å²) >= 11 is 0. The van der Waals surface area contributed by atoms with Gasteiger partial charge in [-0.15, -0.1) is 0 Å². The summed E-state index contributed by atoms with van der Waals surface area (Å²) in [4.78, 5) is 12.2. The van der Waals surface area contributed by atoms with Crippen molar-refractivity contribution in [2.24, 2.45) is 0 Å². The summed E-state index contributed by atoms with van der Waals surface area (Å²) in [5.41, 5.74) is 9.17. The summed E-state index contributed by atoms with van der Waals surface area (Å²) in [5, 5.41) is 10.7. The van der Waals surface area contributed by atoms with Crippen molar-refractivity contribution in [3.8, 4) is 0 Å². The van der Waals surface area contributed by atoms with Crippen LogP contribution < -0.4 is 10.6 Å². The molecule has 5 heteroatoms. The molecular weight excluding hydrogens is 242 g/mol. The maximum Gasteiger partial charge on any atom is 0.271 e. The highest BCUT2D eigenvalue weighted by atomic mass is 16.6. The molecule has 0 radical (unpaired) electrons. The van der Waals surface area contributed by atoms with Crippen LogP contribution in [0.4, 0.5) is 22.7 Å². The monoisotopic (exact) mass is 257 g/mol. The van der Waals surface area contributed by atoms with E-state index in [-0.39, 0.29) is 5.69 Å². The number of para-hydroxylation sites is 1. The van der Waals surface area contributed by atoms with Gasteiger partial charge in [0.05, 0.1) is 16.3 Å². The Labute approximate surface area is 111 Å². The van der Waals surface area contributed by atoms with Crippen LogP contribution in [0.1, 0.15) is 5.56 Å². The Morgan fingerprint density at radius 1 is 1.16 bits per heavy atom. The van der Waals surface area contributed by atoms with Gasteiger partial charge in [-0.3, -0.25) is 10.1 Å². The zero-order valence-electron chi connectivity index (χ0n) is 10.8. The topological polar surface area (TPSA) is 72.4 Å². The average Bonchev–Trinajstić information content (AvgIpc) is 2.38. The molecule has 2 rings (SSSR count). The molecule has 2 aromatic rings. The predicted octanol–water partition coefficient (Wildman–Crippen LogP) is 3.25. The normalized spacial score (nSPS) is 10.2. The van der Waals surface area contributed by atoms with Crippen LogP contribution in [-0.4, -0.2) is 12.0 Å². The molecule has 2 aromatic carbocycles. The van der Waals surface area contributed by atoms with Gasteiger partial charge >= 0.3 is 0 Å². The van der Waals surface area contributed by atoms with Gasteiger partial charge in [0, 0.05) is 24.9 Å². The number of hydrogen-bond donors (Lipinski definition) is 1. The fraction of sp³-hybridized carbons (Fsp3) is 0.143. The lowest BCUT2D eigenvalue weighted by atomic mass is 10.1. The Balaban J connectivity index is 2.42. The smallest absolute Gasteiger partial charge is 0.271 e. The van der Waals surface area contributed by atoms with E-state index in [4.69, 9.17) is 5.73 Å². The van der Waals surface area contributed by atoms with Gasteiger partial charge in [0.2, 0.25) is 0 Å². The van der Waals surface area contributed by atoms with Gasteiger partial charge in [-0.2, -0.15) is 0 Å². The van der Waals surface area contributed by atoms with Gasteiger partial charge in [-0.1, -0.05) is 18.2 Å². The predicted molar refractivity (Wildman–Crippen MR) is 76.8 cm³/mol. The van der Waals surface area contributed by atoms with Gasteiger partial charge in [-0.05, 0) is 24.6 Å². The lowest BCUT2D eigenvalue weighted by Gasteiger charge is -2.22. The molecule has 0 amide bonds. The molecule has 0 aliphatic heterocycles. The molecular formula is C14H15N3O2. The molecule has 0 unspecified atom stereocenters. The van der Waals surface area contributed by atoms with E-state index in [2.05, 4.69) is 0 Å². The summed E-state index contributed by atoms with van der Waals surface area (Å²) in [6, 6.07) is 12.4. The van der Waals surface area contributed by atoms with Crippen molar-refractivity contribution in [1.82, 2.24) is 0 Å². The SMILES string of the molecule is Cc1ccccc1N(C)c1ccc([N+](=O)[O-])cc1N. The third kappa shape index (κ3) is 2.49. The van der Waals surface area contributed by atoms with Crippen molar-refractivity contribution in [3.05, 3.63) is 58.1 Å². The van der Waals surface area contributed by atoms with Crippen LogP contribution in [0, 0.1) is 17.0 Å². The maximum atomic E-state index is 10.7. The Morgan fingerprint density at radius 2 is 1.84 bits per heavy atom. The molecule has 0 bridgehead atoms. The second-order valence-corrected chi connectivity index (χ2v) is 4.35. The molecule has 0 atom stereocenters. The molecule has 0 saturated heterocycles. The molecule has 0 aliphatic rings. The number of nitrogen functional groups attached to an aromatic ring is 1. The molecule has 19 heavy (non-hydrogen) atoms. The molecule has 98 valence electrons. The second kappa shape index (κ2) is 4.97. The van der Waals surface area contributed by atoms with Crippen LogP contribution >= 0.6 is 0 Å². The van der Waals surface area contributed by atoms with Crippen LogP contribution in [0.5, 0.6) is 0 Å². The van der Waals surface area contributed by atoms with E-state index < -0.39 is 4.92 Å². The van der Waals surface area contributed by atoms with Crippen molar-refractivity contribution in [1.29, 1.82) is 0 Å². The van der Waals surface area contributed by atoms with Gasteiger partial charge in [0.25, 0.3) is 5.69 Å². The largest absolute Gasteiger partial charge is 0.397 e. The highest BCUT2D eigenvalue weighted by molar-refractivity contribution is 5.77. The van der Waals surface area contributed by atoms with Gasteiger partial charge in [0.1, 0.15) is 0 Å². The number of nitro benzene ring substituents is 1. The number of hydrogen-bond acceptors (Lipinski definition) is 4. The molecule has 2 N–H and O–H groups in total. The van der Waals surface area contributed by atoms with Gasteiger partial charge in [0.15, 0.2) is 0 Å². The number of rotatable bonds is 3. The second-order valence-electron chi connectivity index (χ2n) is 4.35. The molecule has 0 aliphatic carbocycles. The maximum absolute atomic E-state index is 10.7. The number of non-ortho nitro benzene ring substituents is 1. The number of nitrogens with zero attached hydrogens (tertiary/aromatic N) is 2. The molecule has 0 heterocycles. The summed E-state index contributed by atoms with van der Waals surface area (Å²) in [5.74, 6) is 0. The highest BCUT2D eigenvalue weighted by Gasteiger charge is 2.13. The van der Waals surface area contributed by atoms with E-state index in [0.29, 0.717) is 5.69 Å². The number of anilines is 3. The summed E-state index contributed by atoms with van der Waals surface area (Å²) in [7, 11) is 1.89. The van der Waals surface area contributed by atoms with E-state index in [1.807, 2.05) is 43.1 Å². The number of aryl methyl sites for hydroxylation is 1. The van der Waals surface area contributed by atoms with Crippen LogP contribution in [0.15, 0.2) is 42.5 Å². The summed E-state index contributed by atoms with van der Waals surface area (Å²) in [6.45, 7) is 2.01. The number of nitrogens with two attached hydrogens (primary N) is 1. The fourth-order valence-electron chi connectivity index (χ4n) is 2.03. The first kappa shape index (κ1) is 12.9. The fourth-order valence-corrected chi connectivity index (χ4v) is 2.03. The number of benzene rings is 2. The Morgan fingerprint density at radius 3 is 2.42 bits per heavy atom. The quantitative estimate of drug-likeness (QED) is 0.520. The van der Waals surface area contributed by atoms with E-state index in [1.54, 1.807) is 6.07 Å². The molecule has 0 saturated carbocycles. The van der Waals surface area contributed by atoms with Crippen LogP contribution in [0.2, 0.25) is 0 Å². The Hall–Kier alpha value is -2.56. The van der Waals surface area contributed by atoms with Crippen LogP contribution in [-0.2, 0) is 0 Å². The van der Waals surface area contributed by atoms with Crippen molar-refractivity contribution in [2.75, 3.05) is 17.7 Å². The average molecular weight is 257 g/mol. The molecule has 0 fully saturated rings. The molecule has 5 nitrogen and oxygen atoms in total. The highest BCUT2D eigenvalue weighted by Crippen LogP contribution is 2.32. The zero-order valence-corrected chi connectivity index (χ0v) is 10.8. The van der Waals surface area contributed by atoms with Crippen molar-refractivity contribution in [2.45, 2.75) is 6.92 Å². The first-order valence-corrected chi connectivity index (χ1v) is 5.84. The third-order valence-corrected chi connectivity index (χ3v) is 3.06. The van der Waals surface area contributed by atoms with Crippen LogP contribution in [0.25, 0.3) is 0 Å². The van der Waals surface area contributed by atoms with E-state index in [1.165, 1.54) is 12.1 Å². The van der Waals surface area contributed by atoms with Crippen molar-refractivity contribution >= 4 is 22.7 Å². The van der Waals surface area contributed by atoms with E-state index in [0.717, 1.165) is 16.9 Å². The van der Waals surface area contributed by atoms with Crippen LogP contribution in [0.3, 0.4) is 0 Å². The minimum absolute atomic E-state index is 0.000524. The van der Waals surface area contributed by atoms with E-state index >= 15 is 0 Å². The Kier molecular flexibility index (Phi) is 3.37. The van der Waals surface area contributed by atoms with Gasteiger partial charge in [-0.25, -0.2) is 0 Å². The summed E-state index contributed by atoms with van der Waals surface area (Å²) < 4.78 is 0. The minimum atomic E-state index is -0.450.